The van der Waals surface area contributed by atoms with E-state index in [0.717, 1.165) is 25.9 Å². The van der Waals surface area contributed by atoms with E-state index in [1.165, 1.54) is 22.1 Å². The number of rotatable bonds is 3. The van der Waals surface area contributed by atoms with Gasteiger partial charge in [-0.2, -0.15) is 0 Å². The van der Waals surface area contributed by atoms with Crippen LogP contribution >= 0.6 is 11.8 Å². The number of carbonyl (C=O) groups excluding carboxylic acids is 1. The van der Waals surface area contributed by atoms with Crippen molar-refractivity contribution in [2.24, 2.45) is 0 Å². The quantitative estimate of drug-likeness (QED) is 0.796. The van der Waals surface area contributed by atoms with Crippen LogP contribution in [0.5, 0.6) is 0 Å². The smallest absolute Gasteiger partial charge is 0.232 e. The molecular weight excluding hydrogens is 266 g/mol. The van der Waals surface area contributed by atoms with Crippen molar-refractivity contribution in [3.8, 4) is 0 Å². The van der Waals surface area contributed by atoms with Gasteiger partial charge in [-0.25, -0.2) is 0 Å². The Morgan fingerprint density at radius 2 is 1.75 bits per heavy atom. The van der Waals surface area contributed by atoms with Crippen LogP contribution in [0, 0.1) is 0 Å². The van der Waals surface area contributed by atoms with Gasteiger partial charge >= 0.3 is 0 Å². The second-order valence-electron chi connectivity index (χ2n) is 5.24. The largest absolute Gasteiger partial charge is 0.342 e. The van der Waals surface area contributed by atoms with Crippen LogP contribution in [-0.2, 0) is 4.79 Å². The summed E-state index contributed by atoms with van der Waals surface area (Å²) in [5, 5.41) is 2.49. The fourth-order valence-electron chi connectivity index (χ4n) is 2.64. The molecule has 3 rings (SSSR count). The lowest BCUT2D eigenvalue weighted by atomic mass is 10.1. The Balaban J connectivity index is 1.62. The third-order valence-corrected chi connectivity index (χ3v) is 4.77. The van der Waals surface area contributed by atoms with Crippen molar-refractivity contribution in [2.45, 2.75) is 24.2 Å². The molecule has 0 N–H and O–H groups in total. The van der Waals surface area contributed by atoms with E-state index in [9.17, 15) is 4.79 Å². The number of hydrogen-bond acceptors (Lipinski definition) is 2. The van der Waals surface area contributed by atoms with Gasteiger partial charge in [0, 0.05) is 18.0 Å². The zero-order chi connectivity index (χ0) is 13.8. The van der Waals surface area contributed by atoms with Crippen LogP contribution in [0.4, 0.5) is 0 Å². The lowest BCUT2D eigenvalue weighted by Crippen LogP contribution is -2.36. The number of nitrogens with zero attached hydrogens (tertiary/aromatic N) is 1. The first kappa shape index (κ1) is 13.5. The lowest BCUT2D eigenvalue weighted by molar-refractivity contribution is -0.129. The number of hydrogen-bond donors (Lipinski definition) is 0. The van der Waals surface area contributed by atoms with Gasteiger partial charge in [0.2, 0.25) is 5.91 Å². The molecule has 20 heavy (non-hydrogen) atoms. The van der Waals surface area contributed by atoms with Crippen molar-refractivity contribution in [3.05, 3.63) is 42.5 Å². The van der Waals surface area contributed by atoms with Crippen LogP contribution in [-0.4, -0.2) is 29.6 Å². The van der Waals surface area contributed by atoms with Gasteiger partial charge in [-0.05, 0) is 42.2 Å². The van der Waals surface area contributed by atoms with Crippen LogP contribution in [0.25, 0.3) is 10.8 Å². The normalized spacial score (nSPS) is 15.5. The van der Waals surface area contributed by atoms with Gasteiger partial charge in [-0.15, -0.1) is 11.8 Å². The van der Waals surface area contributed by atoms with E-state index in [1.807, 2.05) is 4.90 Å². The van der Waals surface area contributed by atoms with Crippen LogP contribution < -0.4 is 0 Å². The molecule has 1 fully saturated rings. The number of carbonyl (C=O) groups is 1. The molecule has 2 nitrogen and oxygen atoms in total. The first-order valence-corrected chi connectivity index (χ1v) is 8.21. The SMILES string of the molecule is O=C(CSc1ccc2ccccc2c1)N1CCCCC1. The molecule has 0 spiro atoms. The summed E-state index contributed by atoms with van der Waals surface area (Å²) >= 11 is 1.65. The summed E-state index contributed by atoms with van der Waals surface area (Å²) in [6, 6.07) is 14.7. The summed E-state index contributed by atoms with van der Waals surface area (Å²) in [6.45, 7) is 1.88. The van der Waals surface area contributed by atoms with E-state index in [4.69, 9.17) is 0 Å². The molecule has 2 aromatic rings. The molecule has 1 aliphatic rings. The van der Waals surface area contributed by atoms with Gasteiger partial charge in [0.15, 0.2) is 0 Å². The number of likely N-dealkylation sites (tertiary alicyclic amines) is 1. The van der Waals surface area contributed by atoms with E-state index in [1.54, 1.807) is 11.8 Å². The summed E-state index contributed by atoms with van der Waals surface area (Å²) in [7, 11) is 0. The molecule has 3 heteroatoms. The average molecular weight is 285 g/mol. The molecule has 1 heterocycles. The Labute approximate surface area is 124 Å². The number of amides is 1. The zero-order valence-electron chi connectivity index (χ0n) is 11.5. The van der Waals surface area contributed by atoms with Crippen LogP contribution in [0.1, 0.15) is 19.3 Å². The van der Waals surface area contributed by atoms with Crippen LogP contribution in [0.15, 0.2) is 47.4 Å². The predicted molar refractivity (Wildman–Crippen MR) is 85.1 cm³/mol. The standard InChI is InChI=1S/C17H19NOS/c19-17(18-10-4-1-5-11-18)13-20-16-9-8-14-6-2-3-7-15(14)12-16/h2-3,6-9,12H,1,4-5,10-11,13H2. The topological polar surface area (TPSA) is 20.3 Å². The summed E-state index contributed by atoms with van der Waals surface area (Å²) in [6.07, 6.45) is 3.58. The van der Waals surface area contributed by atoms with Gasteiger partial charge < -0.3 is 4.90 Å². The molecule has 1 amide bonds. The minimum Gasteiger partial charge on any atom is -0.342 e. The zero-order valence-corrected chi connectivity index (χ0v) is 12.4. The maximum atomic E-state index is 12.1. The Morgan fingerprint density at radius 3 is 2.55 bits per heavy atom. The van der Waals surface area contributed by atoms with E-state index < -0.39 is 0 Å². The van der Waals surface area contributed by atoms with E-state index >= 15 is 0 Å². The highest BCUT2D eigenvalue weighted by Gasteiger charge is 2.16. The maximum absolute atomic E-state index is 12.1. The van der Waals surface area contributed by atoms with Crippen molar-refractivity contribution >= 4 is 28.4 Å². The van der Waals surface area contributed by atoms with Crippen molar-refractivity contribution < 1.29 is 4.79 Å². The number of fused-ring (bicyclic) bond motifs is 1. The van der Waals surface area contributed by atoms with Gasteiger partial charge in [-0.1, -0.05) is 30.3 Å². The van der Waals surface area contributed by atoms with Crippen LogP contribution in [0.2, 0.25) is 0 Å². The van der Waals surface area contributed by atoms with Gasteiger partial charge in [0.25, 0.3) is 0 Å². The molecule has 0 aromatic heterocycles. The van der Waals surface area contributed by atoms with E-state index in [0.29, 0.717) is 5.75 Å². The lowest BCUT2D eigenvalue weighted by Gasteiger charge is -2.26. The predicted octanol–water partition coefficient (Wildman–Crippen LogP) is 3.94. The Kier molecular flexibility index (Phi) is 4.26. The summed E-state index contributed by atoms with van der Waals surface area (Å²) in [4.78, 5) is 15.3. The van der Waals surface area contributed by atoms with Gasteiger partial charge in [0.05, 0.1) is 5.75 Å². The number of thioether (sulfide) groups is 1. The maximum Gasteiger partial charge on any atom is 0.232 e. The highest BCUT2D eigenvalue weighted by molar-refractivity contribution is 8.00. The molecule has 0 saturated carbocycles. The van der Waals surface area contributed by atoms with Gasteiger partial charge in [-0.3, -0.25) is 4.79 Å². The third-order valence-electron chi connectivity index (χ3n) is 3.79. The molecule has 0 radical (unpaired) electrons. The fourth-order valence-corrected chi connectivity index (χ4v) is 3.48. The first-order valence-electron chi connectivity index (χ1n) is 7.22. The molecule has 0 unspecified atom stereocenters. The van der Waals surface area contributed by atoms with E-state index in [-0.39, 0.29) is 5.91 Å². The second-order valence-corrected chi connectivity index (χ2v) is 6.29. The molecule has 0 bridgehead atoms. The Morgan fingerprint density at radius 1 is 1.00 bits per heavy atom. The van der Waals surface area contributed by atoms with Crippen molar-refractivity contribution in [1.29, 1.82) is 0 Å². The van der Waals surface area contributed by atoms with Crippen molar-refractivity contribution in [3.63, 3.8) is 0 Å². The fraction of sp³-hybridized carbons (Fsp3) is 0.353. The molecule has 0 atom stereocenters. The van der Waals surface area contributed by atoms with Crippen molar-refractivity contribution in [2.75, 3.05) is 18.8 Å². The summed E-state index contributed by atoms with van der Waals surface area (Å²) < 4.78 is 0. The number of piperidine rings is 1. The molecule has 1 aliphatic heterocycles. The summed E-state index contributed by atoms with van der Waals surface area (Å²) in [5.74, 6) is 0.834. The highest BCUT2D eigenvalue weighted by Crippen LogP contribution is 2.24. The minimum absolute atomic E-state index is 0.280. The first-order chi connectivity index (χ1) is 9.83. The minimum atomic E-state index is 0.280. The molecule has 0 aliphatic carbocycles. The monoisotopic (exact) mass is 285 g/mol. The van der Waals surface area contributed by atoms with Gasteiger partial charge in [0.1, 0.15) is 0 Å². The molecule has 104 valence electrons. The summed E-state index contributed by atoms with van der Waals surface area (Å²) in [5.41, 5.74) is 0. The third kappa shape index (κ3) is 3.15. The Hall–Kier alpha value is -1.48. The number of benzene rings is 2. The highest BCUT2D eigenvalue weighted by atomic mass is 32.2. The second kappa shape index (κ2) is 6.31. The van der Waals surface area contributed by atoms with Crippen molar-refractivity contribution in [1.82, 2.24) is 4.90 Å². The average Bonchev–Trinajstić information content (AvgIpc) is 2.53. The molecule has 2 aromatic carbocycles. The van der Waals surface area contributed by atoms with Crippen LogP contribution in [0.3, 0.4) is 0 Å². The molecular formula is C17H19NOS. The Bertz CT molecular complexity index is 605. The van der Waals surface area contributed by atoms with E-state index in [2.05, 4.69) is 42.5 Å². The molecule has 1 saturated heterocycles.